The summed E-state index contributed by atoms with van der Waals surface area (Å²) < 4.78 is 0. The Kier molecular flexibility index (Phi) is 5.25. The van der Waals surface area contributed by atoms with Crippen LogP contribution in [-0.2, 0) is 11.2 Å². The first-order valence-corrected chi connectivity index (χ1v) is 7.44. The van der Waals surface area contributed by atoms with Gasteiger partial charge in [-0.25, -0.2) is 9.97 Å². The van der Waals surface area contributed by atoms with Crippen LogP contribution in [0.3, 0.4) is 0 Å². The minimum Gasteiger partial charge on any atom is -0.351 e. The normalized spacial score (nSPS) is 18.4. The van der Waals surface area contributed by atoms with E-state index in [1.807, 2.05) is 11.8 Å². The first-order chi connectivity index (χ1) is 10.1. The molecule has 0 aliphatic carbocycles. The van der Waals surface area contributed by atoms with Gasteiger partial charge in [-0.15, -0.1) is 0 Å². The number of carbonyl (C=O) groups excluding carboxylic acids is 2. The molecule has 1 atom stereocenters. The minimum absolute atomic E-state index is 0.130. The molecule has 1 fully saturated rings. The Balaban J connectivity index is 2.01. The number of piperidine rings is 1. The highest BCUT2D eigenvalue weighted by Crippen LogP contribution is 2.20. The van der Waals surface area contributed by atoms with Gasteiger partial charge >= 0.3 is 0 Å². The topological polar surface area (TPSA) is 75.2 Å². The number of hydrogen-bond acceptors (Lipinski definition) is 4. The molecule has 114 valence electrons. The largest absolute Gasteiger partial charge is 0.351 e. The lowest BCUT2D eigenvalue weighted by molar-refractivity contribution is -0.130. The maximum Gasteiger partial charge on any atom is 0.270 e. The summed E-state index contributed by atoms with van der Waals surface area (Å²) in [5.74, 6) is 0.361. The summed E-state index contributed by atoms with van der Waals surface area (Å²) in [6.07, 6.45) is 4.33. The highest BCUT2D eigenvalue weighted by atomic mass is 16.2. The molecule has 6 heteroatoms. The van der Waals surface area contributed by atoms with Crippen LogP contribution in [0.5, 0.6) is 0 Å². The van der Waals surface area contributed by atoms with Crippen LogP contribution >= 0.6 is 0 Å². The van der Waals surface area contributed by atoms with Crippen molar-refractivity contribution in [3.8, 4) is 0 Å². The van der Waals surface area contributed by atoms with Gasteiger partial charge in [0.15, 0.2) is 0 Å². The standard InChI is InChI=1S/C15H22N4O2/c1-3-16-15(21)14-8-13(17-10-18-14)7-12-5-4-6-19(9-12)11(2)20/h8,10,12H,3-7,9H2,1-2H3,(H,16,21). The SMILES string of the molecule is CCNC(=O)c1cc(CC2CCCN(C(C)=O)C2)ncn1. The zero-order valence-electron chi connectivity index (χ0n) is 12.6. The quantitative estimate of drug-likeness (QED) is 0.898. The number of likely N-dealkylation sites (tertiary alicyclic amines) is 1. The zero-order chi connectivity index (χ0) is 15.2. The summed E-state index contributed by atoms with van der Waals surface area (Å²) in [5.41, 5.74) is 1.27. The van der Waals surface area contributed by atoms with E-state index in [-0.39, 0.29) is 11.8 Å². The first kappa shape index (κ1) is 15.4. The Morgan fingerprint density at radius 2 is 2.24 bits per heavy atom. The van der Waals surface area contributed by atoms with Gasteiger partial charge in [0.2, 0.25) is 5.91 Å². The average molecular weight is 290 g/mol. The Morgan fingerprint density at radius 1 is 1.43 bits per heavy atom. The fraction of sp³-hybridized carbons (Fsp3) is 0.600. The fourth-order valence-corrected chi connectivity index (χ4v) is 2.70. The van der Waals surface area contributed by atoms with Crippen LogP contribution in [0.2, 0.25) is 0 Å². The Bertz CT molecular complexity index is 518. The van der Waals surface area contributed by atoms with Gasteiger partial charge in [0, 0.05) is 32.3 Å². The average Bonchev–Trinajstić information content (AvgIpc) is 2.48. The van der Waals surface area contributed by atoms with Gasteiger partial charge in [0.05, 0.1) is 0 Å². The van der Waals surface area contributed by atoms with Gasteiger partial charge in [-0.05, 0) is 38.2 Å². The van der Waals surface area contributed by atoms with Crippen LogP contribution in [0.25, 0.3) is 0 Å². The van der Waals surface area contributed by atoms with E-state index in [9.17, 15) is 9.59 Å². The van der Waals surface area contributed by atoms with E-state index in [1.165, 1.54) is 6.33 Å². The molecule has 0 saturated carbocycles. The second kappa shape index (κ2) is 7.15. The number of rotatable bonds is 4. The number of carbonyl (C=O) groups is 2. The highest BCUT2D eigenvalue weighted by Gasteiger charge is 2.22. The van der Waals surface area contributed by atoms with E-state index in [1.54, 1.807) is 13.0 Å². The number of amides is 2. The molecule has 1 unspecified atom stereocenters. The van der Waals surface area contributed by atoms with Crippen LogP contribution in [0.15, 0.2) is 12.4 Å². The van der Waals surface area contributed by atoms with Crippen molar-refractivity contribution in [1.29, 1.82) is 0 Å². The summed E-state index contributed by atoms with van der Waals surface area (Å²) in [7, 11) is 0. The molecule has 1 N–H and O–H groups in total. The maximum absolute atomic E-state index is 11.8. The summed E-state index contributed by atoms with van der Waals surface area (Å²) in [6, 6.07) is 1.75. The van der Waals surface area contributed by atoms with Crippen molar-refractivity contribution >= 4 is 11.8 Å². The molecule has 1 aromatic heterocycles. The second-order valence-corrected chi connectivity index (χ2v) is 5.43. The third-order valence-corrected chi connectivity index (χ3v) is 3.76. The number of aromatic nitrogens is 2. The Hall–Kier alpha value is -1.98. The number of hydrogen-bond donors (Lipinski definition) is 1. The molecule has 1 saturated heterocycles. The Morgan fingerprint density at radius 3 is 2.95 bits per heavy atom. The van der Waals surface area contributed by atoms with E-state index in [2.05, 4.69) is 15.3 Å². The van der Waals surface area contributed by atoms with E-state index in [4.69, 9.17) is 0 Å². The summed E-state index contributed by atoms with van der Waals surface area (Å²) >= 11 is 0. The molecule has 21 heavy (non-hydrogen) atoms. The maximum atomic E-state index is 11.8. The first-order valence-electron chi connectivity index (χ1n) is 7.44. The third kappa shape index (κ3) is 4.24. The summed E-state index contributed by atoms with van der Waals surface area (Å²) in [4.78, 5) is 33.4. The van der Waals surface area contributed by atoms with Gasteiger partial charge < -0.3 is 10.2 Å². The fourth-order valence-electron chi connectivity index (χ4n) is 2.70. The molecule has 0 spiro atoms. The van der Waals surface area contributed by atoms with Crippen molar-refractivity contribution in [2.24, 2.45) is 5.92 Å². The zero-order valence-corrected chi connectivity index (χ0v) is 12.6. The van der Waals surface area contributed by atoms with Crippen molar-refractivity contribution < 1.29 is 9.59 Å². The molecule has 1 aliphatic rings. The molecular formula is C15H22N4O2. The van der Waals surface area contributed by atoms with Crippen molar-refractivity contribution in [3.05, 3.63) is 23.8 Å². The van der Waals surface area contributed by atoms with Crippen molar-refractivity contribution in [2.75, 3.05) is 19.6 Å². The predicted molar refractivity (Wildman–Crippen MR) is 78.7 cm³/mol. The van der Waals surface area contributed by atoms with Gasteiger partial charge in [-0.2, -0.15) is 0 Å². The van der Waals surface area contributed by atoms with Crippen LogP contribution in [0.4, 0.5) is 0 Å². The van der Waals surface area contributed by atoms with Gasteiger partial charge in [-0.1, -0.05) is 0 Å². The van der Waals surface area contributed by atoms with Crippen LogP contribution in [0.1, 0.15) is 42.9 Å². The van der Waals surface area contributed by atoms with E-state index >= 15 is 0 Å². The van der Waals surface area contributed by atoms with Gasteiger partial charge in [0.1, 0.15) is 12.0 Å². The lowest BCUT2D eigenvalue weighted by Gasteiger charge is -2.31. The number of nitrogens with one attached hydrogen (secondary N) is 1. The third-order valence-electron chi connectivity index (χ3n) is 3.76. The smallest absolute Gasteiger partial charge is 0.270 e. The monoisotopic (exact) mass is 290 g/mol. The molecule has 1 aromatic rings. The molecule has 0 aromatic carbocycles. The summed E-state index contributed by atoms with van der Waals surface area (Å²) in [5, 5.41) is 2.73. The Labute approximate surface area is 125 Å². The van der Waals surface area contributed by atoms with Crippen molar-refractivity contribution in [2.45, 2.75) is 33.1 Å². The van der Waals surface area contributed by atoms with E-state index in [0.29, 0.717) is 18.2 Å². The van der Waals surface area contributed by atoms with Crippen LogP contribution in [0, 0.1) is 5.92 Å². The van der Waals surface area contributed by atoms with E-state index in [0.717, 1.165) is 38.0 Å². The van der Waals surface area contributed by atoms with E-state index < -0.39 is 0 Å². The number of nitrogens with zero attached hydrogens (tertiary/aromatic N) is 3. The van der Waals surface area contributed by atoms with Crippen LogP contribution < -0.4 is 5.32 Å². The van der Waals surface area contributed by atoms with Crippen LogP contribution in [-0.4, -0.2) is 46.3 Å². The summed E-state index contributed by atoms with van der Waals surface area (Å²) in [6.45, 7) is 5.68. The lowest BCUT2D eigenvalue weighted by atomic mass is 9.93. The lowest BCUT2D eigenvalue weighted by Crippen LogP contribution is -2.39. The molecule has 1 aliphatic heterocycles. The minimum atomic E-state index is -0.171. The van der Waals surface area contributed by atoms with Crippen molar-refractivity contribution in [1.82, 2.24) is 20.2 Å². The molecule has 2 rings (SSSR count). The van der Waals surface area contributed by atoms with Gasteiger partial charge in [0.25, 0.3) is 5.91 Å². The highest BCUT2D eigenvalue weighted by molar-refractivity contribution is 5.92. The predicted octanol–water partition coefficient (Wildman–Crippen LogP) is 1.03. The molecule has 2 heterocycles. The molecule has 2 amide bonds. The van der Waals surface area contributed by atoms with Crippen molar-refractivity contribution in [3.63, 3.8) is 0 Å². The molecular weight excluding hydrogens is 268 g/mol. The van der Waals surface area contributed by atoms with Gasteiger partial charge in [-0.3, -0.25) is 9.59 Å². The molecule has 0 radical (unpaired) electrons. The molecule has 6 nitrogen and oxygen atoms in total. The molecule has 0 bridgehead atoms. The second-order valence-electron chi connectivity index (χ2n) is 5.43.